The first-order valence-electron chi connectivity index (χ1n) is 6.63. The first-order chi connectivity index (χ1) is 9.13. The molecule has 0 radical (unpaired) electrons. The minimum atomic E-state index is -1.27. The fourth-order valence-corrected chi connectivity index (χ4v) is 2.61. The number of nitrogens with one attached hydrogen (secondary N) is 1. The van der Waals surface area contributed by atoms with Gasteiger partial charge in [-0.1, -0.05) is 0 Å². The Labute approximate surface area is 109 Å². The van der Waals surface area contributed by atoms with Gasteiger partial charge in [0.15, 0.2) is 17.5 Å². The van der Waals surface area contributed by atoms with Crippen LogP contribution in [0, 0.1) is 23.5 Å². The van der Waals surface area contributed by atoms with E-state index in [9.17, 15) is 13.2 Å². The maximum atomic E-state index is 13.4. The van der Waals surface area contributed by atoms with Crippen LogP contribution in [0.2, 0.25) is 0 Å². The van der Waals surface area contributed by atoms with Crippen LogP contribution >= 0.6 is 0 Å². The molecule has 2 fully saturated rings. The van der Waals surface area contributed by atoms with Gasteiger partial charge in [-0.25, -0.2) is 8.78 Å². The smallest absolute Gasteiger partial charge is 0.251 e. The molecule has 104 valence electrons. The number of halogens is 3. The molecule has 19 heavy (non-hydrogen) atoms. The summed E-state index contributed by atoms with van der Waals surface area (Å²) in [6.45, 7) is 2.60. The van der Waals surface area contributed by atoms with Crippen molar-refractivity contribution in [3.05, 3.63) is 23.6 Å². The summed E-state index contributed by atoms with van der Waals surface area (Å²) >= 11 is 0. The number of hydrogen-bond donors (Lipinski definition) is 1. The Hall–Kier alpha value is -1.30. The van der Waals surface area contributed by atoms with Gasteiger partial charge in [-0.3, -0.25) is 0 Å². The zero-order chi connectivity index (χ0) is 13.4. The maximum absolute atomic E-state index is 13.4. The van der Waals surface area contributed by atoms with Crippen LogP contribution < -0.4 is 5.32 Å². The highest BCUT2D eigenvalue weighted by Gasteiger charge is 2.34. The molecule has 1 N–H and O–H groups in total. The van der Waals surface area contributed by atoms with Gasteiger partial charge in [0, 0.05) is 25.2 Å². The fraction of sp³-hybridized carbons (Fsp3) is 0.615. The van der Waals surface area contributed by atoms with E-state index in [-0.39, 0.29) is 5.82 Å². The third-order valence-corrected chi connectivity index (χ3v) is 3.83. The molecule has 1 atom stereocenters. The number of rotatable bonds is 4. The van der Waals surface area contributed by atoms with Crippen molar-refractivity contribution in [3.63, 3.8) is 0 Å². The molecule has 1 saturated heterocycles. The predicted molar refractivity (Wildman–Crippen MR) is 65.3 cm³/mol. The first kappa shape index (κ1) is 12.7. The Morgan fingerprint density at radius 2 is 2.00 bits per heavy atom. The second-order valence-electron chi connectivity index (χ2n) is 5.35. The van der Waals surface area contributed by atoms with Crippen LogP contribution in [0.3, 0.4) is 0 Å². The van der Waals surface area contributed by atoms with Crippen molar-refractivity contribution in [2.24, 2.45) is 5.92 Å². The molecule has 1 saturated carbocycles. The Morgan fingerprint density at radius 3 is 2.74 bits per heavy atom. The van der Waals surface area contributed by atoms with Crippen molar-refractivity contribution in [2.75, 3.05) is 25.0 Å². The molecule has 6 heteroatoms. The Kier molecular flexibility index (Phi) is 3.35. The van der Waals surface area contributed by atoms with Crippen molar-refractivity contribution in [1.29, 1.82) is 0 Å². The number of aromatic nitrogens is 1. The van der Waals surface area contributed by atoms with Gasteiger partial charge >= 0.3 is 0 Å². The molecular weight excluding hydrogens is 255 g/mol. The molecule has 1 aliphatic carbocycles. The molecular formula is C13H16F3N3. The molecule has 3 rings (SSSR count). The van der Waals surface area contributed by atoms with E-state index in [1.807, 2.05) is 0 Å². The SMILES string of the molecule is Fc1cc(F)c(NCC2CCN(C3CC3)C2)nc1F. The van der Waals surface area contributed by atoms with Gasteiger partial charge in [0.25, 0.3) is 5.95 Å². The number of anilines is 1. The Balaban J connectivity index is 1.56. The minimum absolute atomic E-state index is 0.205. The minimum Gasteiger partial charge on any atom is -0.367 e. The van der Waals surface area contributed by atoms with Crippen molar-refractivity contribution >= 4 is 5.82 Å². The highest BCUT2D eigenvalue weighted by atomic mass is 19.2. The standard InChI is InChI=1S/C13H16F3N3/c14-10-5-11(15)13(18-12(10)16)17-6-8-3-4-19(7-8)9-1-2-9/h5,8-9H,1-4,6-7H2,(H,17,18). The van der Waals surface area contributed by atoms with Crippen LogP contribution in [0.1, 0.15) is 19.3 Å². The third kappa shape index (κ3) is 2.83. The molecule has 0 bridgehead atoms. The average Bonchev–Trinajstić information content (AvgIpc) is 3.12. The van der Waals surface area contributed by atoms with Gasteiger partial charge in [-0.2, -0.15) is 9.37 Å². The summed E-state index contributed by atoms with van der Waals surface area (Å²) in [4.78, 5) is 5.70. The number of likely N-dealkylation sites (tertiary alicyclic amines) is 1. The summed E-state index contributed by atoms with van der Waals surface area (Å²) in [5.74, 6) is -3.17. The molecule has 0 aromatic carbocycles. The number of pyridine rings is 1. The van der Waals surface area contributed by atoms with Crippen molar-refractivity contribution < 1.29 is 13.2 Å². The van der Waals surface area contributed by atoms with Gasteiger partial charge in [-0.05, 0) is 31.7 Å². The van der Waals surface area contributed by atoms with E-state index in [1.165, 1.54) is 12.8 Å². The second kappa shape index (κ2) is 5.00. The lowest BCUT2D eigenvalue weighted by Crippen LogP contribution is -2.25. The average molecular weight is 271 g/mol. The largest absolute Gasteiger partial charge is 0.367 e. The van der Waals surface area contributed by atoms with Crippen LogP contribution in [0.15, 0.2) is 6.07 Å². The van der Waals surface area contributed by atoms with E-state index in [2.05, 4.69) is 15.2 Å². The van der Waals surface area contributed by atoms with Crippen molar-refractivity contribution in [1.82, 2.24) is 9.88 Å². The van der Waals surface area contributed by atoms with Crippen LogP contribution in [0.5, 0.6) is 0 Å². The summed E-state index contributed by atoms with van der Waals surface area (Å²) in [6, 6.07) is 1.26. The number of nitrogens with zero attached hydrogens (tertiary/aromatic N) is 2. The predicted octanol–water partition coefficient (Wildman–Crippen LogP) is 2.40. The monoisotopic (exact) mass is 271 g/mol. The third-order valence-electron chi connectivity index (χ3n) is 3.83. The van der Waals surface area contributed by atoms with E-state index in [4.69, 9.17) is 0 Å². The normalized spacial score (nSPS) is 23.8. The summed E-state index contributed by atoms with van der Waals surface area (Å²) < 4.78 is 39.0. The molecule has 1 aromatic heterocycles. The Bertz CT molecular complexity index is 476. The molecule has 1 unspecified atom stereocenters. The van der Waals surface area contributed by atoms with Gasteiger partial charge in [0.05, 0.1) is 0 Å². The van der Waals surface area contributed by atoms with Gasteiger partial charge in [0.1, 0.15) is 0 Å². The van der Waals surface area contributed by atoms with E-state index in [1.54, 1.807) is 0 Å². The van der Waals surface area contributed by atoms with Crippen LogP contribution in [0.25, 0.3) is 0 Å². The highest BCUT2D eigenvalue weighted by Crippen LogP contribution is 2.31. The van der Waals surface area contributed by atoms with E-state index >= 15 is 0 Å². The van der Waals surface area contributed by atoms with Crippen LogP contribution in [0.4, 0.5) is 19.0 Å². The lowest BCUT2D eigenvalue weighted by molar-refractivity contribution is 0.316. The first-order valence-corrected chi connectivity index (χ1v) is 6.63. The lowest BCUT2D eigenvalue weighted by atomic mass is 10.1. The highest BCUT2D eigenvalue weighted by molar-refractivity contribution is 5.36. The maximum Gasteiger partial charge on any atom is 0.251 e. The summed E-state index contributed by atoms with van der Waals surface area (Å²) in [5, 5.41) is 2.78. The molecule has 2 aliphatic rings. The molecule has 2 heterocycles. The summed E-state index contributed by atoms with van der Waals surface area (Å²) in [7, 11) is 0. The number of hydrogen-bond acceptors (Lipinski definition) is 3. The van der Waals surface area contributed by atoms with Crippen LogP contribution in [-0.2, 0) is 0 Å². The molecule has 1 aromatic rings. The zero-order valence-electron chi connectivity index (χ0n) is 10.5. The summed E-state index contributed by atoms with van der Waals surface area (Å²) in [5.41, 5.74) is 0. The van der Waals surface area contributed by atoms with E-state index in [0.717, 1.165) is 25.6 Å². The molecule has 1 aliphatic heterocycles. The second-order valence-corrected chi connectivity index (χ2v) is 5.35. The fourth-order valence-electron chi connectivity index (χ4n) is 2.61. The van der Waals surface area contributed by atoms with Crippen LogP contribution in [-0.4, -0.2) is 35.6 Å². The quantitative estimate of drug-likeness (QED) is 0.852. The van der Waals surface area contributed by atoms with Gasteiger partial charge < -0.3 is 10.2 Å². The van der Waals surface area contributed by atoms with Crippen molar-refractivity contribution in [3.8, 4) is 0 Å². The van der Waals surface area contributed by atoms with Crippen molar-refractivity contribution in [2.45, 2.75) is 25.3 Å². The van der Waals surface area contributed by atoms with Gasteiger partial charge in [-0.15, -0.1) is 0 Å². The van der Waals surface area contributed by atoms with E-state index < -0.39 is 17.6 Å². The lowest BCUT2D eigenvalue weighted by Gasteiger charge is -2.15. The Morgan fingerprint density at radius 1 is 1.21 bits per heavy atom. The summed E-state index contributed by atoms with van der Waals surface area (Å²) in [6.07, 6.45) is 3.60. The molecule has 0 spiro atoms. The molecule has 0 amide bonds. The van der Waals surface area contributed by atoms with E-state index in [0.29, 0.717) is 18.5 Å². The molecule has 3 nitrogen and oxygen atoms in total. The topological polar surface area (TPSA) is 28.2 Å². The van der Waals surface area contributed by atoms with Gasteiger partial charge in [0.2, 0.25) is 0 Å². The zero-order valence-corrected chi connectivity index (χ0v) is 10.5.